The van der Waals surface area contributed by atoms with Crippen LogP contribution in [-0.4, -0.2) is 28.7 Å². The van der Waals surface area contributed by atoms with E-state index in [1.54, 1.807) is 11.8 Å². The zero-order valence-corrected chi connectivity index (χ0v) is 8.17. The molecule has 0 saturated carbocycles. The minimum Gasteiger partial charge on any atom is -0.465 e. The van der Waals surface area contributed by atoms with E-state index in [0.29, 0.717) is 6.61 Å². The van der Waals surface area contributed by atoms with Gasteiger partial charge >= 0.3 is 5.97 Å². The Kier molecular flexibility index (Phi) is 4.15. The Morgan fingerprint density at radius 3 is 3.09 bits per heavy atom. The summed E-state index contributed by atoms with van der Waals surface area (Å²) in [5, 5.41) is 1.14. The van der Waals surface area contributed by atoms with Crippen LogP contribution < -0.4 is 0 Å². The van der Waals surface area contributed by atoms with Gasteiger partial charge < -0.3 is 4.74 Å². The van der Waals surface area contributed by atoms with Crippen molar-refractivity contribution in [2.24, 2.45) is 0 Å². The van der Waals surface area contributed by atoms with E-state index in [-0.39, 0.29) is 11.2 Å². The zero-order valence-electron chi connectivity index (χ0n) is 6.54. The van der Waals surface area contributed by atoms with E-state index in [1.165, 1.54) is 0 Å². The smallest absolute Gasteiger partial charge is 0.319 e. The summed E-state index contributed by atoms with van der Waals surface area (Å²) in [6.45, 7) is 2.35. The molecule has 1 saturated heterocycles. The number of thioether (sulfide) groups is 2. The van der Waals surface area contributed by atoms with Crippen molar-refractivity contribution in [2.45, 2.75) is 18.6 Å². The van der Waals surface area contributed by atoms with E-state index in [4.69, 9.17) is 4.74 Å². The average Bonchev–Trinajstić information content (AvgIpc) is 2.07. The molecule has 1 atom stereocenters. The van der Waals surface area contributed by atoms with Gasteiger partial charge in [-0.25, -0.2) is 0 Å². The molecule has 1 aliphatic rings. The molecule has 1 heterocycles. The average molecular weight is 192 g/mol. The van der Waals surface area contributed by atoms with E-state index < -0.39 is 0 Å². The van der Waals surface area contributed by atoms with Gasteiger partial charge in [-0.1, -0.05) is 0 Å². The fraction of sp³-hybridized carbons (Fsp3) is 0.857. The Morgan fingerprint density at radius 2 is 2.55 bits per heavy atom. The highest BCUT2D eigenvalue weighted by Gasteiger charge is 2.22. The Bertz CT molecular complexity index is 132. The van der Waals surface area contributed by atoms with E-state index in [0.717, 1.165) is 17.3 Å². The molecule has 0 aromatic rings. The lowest BCUT2D eigenvalue weighted by Crippen LogP contribution is -2.23. The molecule has 0 amide bonds. The Hall–Kier alpha value is 0.170. The van der Waals surface area contributed by atoms with E-state index in [1.807, 2.05) is 18.7 Å². The topological polar surface area (TPSA) is 26.3 Å². The van der Waals surface area contributed by atoms with Gasteiger partial charge in [-0.2, -0.15) is 11.8 Å². The van der Waals surface area contributed by atoms with Crippen LogP contribution in [0.5, 0.6) is 0 Å². The van der Waals surface area contributed by atoms with Crippen LogP contribution in [0.1, 0.15) is 13.3 Å². The largest absolute Gasteiger partial charge is 0.465 e. The lowest BCUT2D eigenvalue weighted by atomic mass is 10.3. The molecule has 0 aromatic carbocycles. The summed E-state index contributed by atoms with van der Waals surface area (Å²) in [5.41, 5.74) is 0. The normalized spacial score (nSPS) is 24.6. The third-order valence-corrected chi connectivity index (χ3v) is 3.99. The minimum absolute atomic E-state index is 0.0298. The third-order valence-electron chi connectivity index (χ3n) is 1.43. The SMILES string of the molecule is CCOC(=O)C1CCSCS1. The van der Waals surface area contributed by atoms with Crippen molar-refractivity contribution in [3.8, 4) is 0 Å². The number of hydrogen-bond acceptors (Lipinski definition) is 4. The molecular weight excluding hydrogens is 180 g/mol. The Labute approximate surface area is 75.4 Å². The van der Waals surface area contributed by atoms with Crippen molar-refractivity contribution >= 4 is 29.5 Å². The maximum absolute atomic E-state index is 11.1. The van der Waals surface area contributed by atoms with Crippen LogP contribution in [0.15, 0.2) is 0 Å². The summed E-state index contributed by atoms with van der Waals surface area (Å²) in [7, 11) is 0. The summed E-state index contributed by atoms with van der Waals surface area (Å²) in [4.78, 5) is 11.1. The molecule has 11 heavy (non-hydrogen) atoms. The molecule has 1 unspecified atom stereocenters. The summed E-state index contributed by atoms with van der Waals surface area (Å²) in [5.74, 6) is 1.06. The van der Waals surface area contributed by atoms with Gasteiger partial charge in [-0.05, 0) is 19.1 Å². The van der Waals surface area contributed by atoms with Crippen molar-refractivity contribution in [3.63, 3.8) is 0 Å². The van der Waals surface area contributed by atoms with Gasteiger partial charge in [0.1, 0.15) is 5.25 Å². The van der Waals surface area contributed by atoms with Gasteiger partial charge in [0.2, 0.25) is 0 Å². The molecule has 0 aliphatic carbocycles. The van der Waals surface area contributed by atoms with Crippen LogP contribution in [0.4, 0.5) is 0 Å². The first-order valence-corrected chi connectivity index (χ1v) is 5.91. The molecule has 2 nitrogen and oxygen atoms in total. The lowest BCUT2D eigenvalue weighted by Gasteiger charge is -2.18. The summed E-state index contributed by atoms with van der Waals surface area (Å²) in [6, 6.07) is 0. The van der Waals surface area contributed by atoms with Crippen molar-refractivity contribution in [1.29, 1.82) is 0 Å². The van der Waals surface area contributed by atoms with Crippen molar-refractivity contribution in [3.05, 3.63) is 0 Å². The van der Waals surface area contributed by atoms with E-state index in [9.17, 15) is 4.79 Å². The standard InChI is InChI=1S/C7H12O2S2/c1-2-9-7(8)6-3-4-10-5-11-6/h6H,2-5H2,1H3. The molecule has 0 N–H and O–H groups in total. The maximum atomic E-state index is 11.1. The molecule has 0 spiro atoms. The molecule has 0 bridgehead atoms. The molecule has 64 valence electrons. The van der Waals surface area contributed by atoms with Crippen LogP contribution in [-0.2, 0) is 9.53 Å². The van der Waals surface area contributed by atoms with Crippen molar-refractivity contribution in [1.82, 2.24) is 0 Å². The molecule has 0 aromatic heterocycles. The fourth-order valence-electron chi connectivity index (χ4n) is 0.884. The van der Waals surface area contributed by atoms with Crippen LogP contribution >= 0.6 is 23.5 Å². The van der Waals surface area contributed by atoms with Gasteiger partial charge in [0.25, 0.3) is 0 Å². The quantitative estimate of drug-likeness (QED) is 0.623. The van der Waals surface area contributed by atoms with Crippen molar-refractivity contribution in [2.75, 3.05) is 17.4 Å². The molecule has 0 radical (unpaired) electrons. The van der Waals surface area contributed by atoms with Gasteiger partial charge in [-0.3, -0.25) is 4.79 Å². The van der Waals surface area contributed by atoms with Gasteiger partial charge in [0, 0.05) is 5.08 Å². The summed E-state index contributed by atoms with van der Waals surface area (Å²) >= 11 is 3.59. The molecule has 1 aliphatic heterocycles. The van der Waals surface area contributed by atoms with Crippen LogP contribution in [0.2, 0.25) is 0 Å². The van der Waals surface area contributed by atoms with Crippen LogP contribution in [0.25, 0.3) is 0 Å². The highest BCUT2D eigenvalue weighted by atomic mass is 32.2. The number of carbonyl (C=O) groups is 1. The number of hydrogen-bond donors (Lipinski definition) is 0. The minimum atomic E-state index is -0.0298. The van der Waals surface area contributed by atoms with Gasteiger partial charge in [0.15, 0.2) is 0 Å². The lowest BCUT2D eigenvalue weighted by molar-refractivity contribution is -0.142. The van der Waals surface area contributed by atoms with Crippen molar-refractivity contribution < 1.29 is 9.53 Å². The van der Waals surface area contributed by atoms with Crippen LogP contribution in [0.3, 0.4) is 0 Å². The second-order valence-electron chi connectivity index (χ2n) is 2.22. The fourth-order valence-corrected chi connectivity index (χ4v) is 3.44. The monoisotopic (exact) mass is 192 g/mol. The van der Waals surface area contributed by atoms with E-state index in [2.05, 4.69) is 0 Å². The zero-order chi connectivity index (χ0) is 8.10. The molecular formula is C7H12O2S2. The Morgan fingerprint density at radius 1 is 1.73 bits per heavy atom. The predicted molar refractivity (Wildman–Crippen MR) is 50.0 cm³/mol. The predicted octanol–water partition coefficient (Wildman–Crippen LogP) is 1.75. The number of esters is 1. The number of ether oxygens (including phenoxy) is 1. The molecule has 1 rings (SSSR count). The number of rotatable bonds is 2. The second-order valence-corrected chi connectivity index (χ2v) is 4.88. The molecule has 1 fully saturated rings. The summed E-state index contributed by atoms with van der Waals surface area (Å²) in [6.07, 6.45) is 0.966. The first-order valence-electron chi connectivity index (χ1n) is 3.70. The highest BCUT2D eigenvalue weighted by Crippen LogP contribution is 2.28. The maximum Gasteiger partial charge on any atom is 0.319 e. The highest BCUT2D eigenvalue weighted by molar-refractivity contribution is 8.17. The molecule has 4 heteroatoms. The summed E-state index contributed by atoms with van der Waals surface area (Å²) < 4.78 is 4.91. The number of carbonyl (C=O) groups excluding carboxylic acids is 1. The second kappa shape index (κ2) is 4.93. The van der Waals surface area contributed by atoms with Gasteiger partial charge in [-0.15, -0.1) is 11.8 Å². The Balaban J connectivity index is 2.27. The third kappa shape index (κ3) is 2.95. The van der Waals surface area contributed by atoms with Crippen LogP contribution in [0, 0.1) is 0 Å². The first-order chi connectivity index (χ1) is 5.34. The van der Waals surface area contributed by atoms with Gasteiger partial charge in [0.05, 0.1) is 6.61 Å². The van der Waals surface area contributed by atoms with E-state index >= 15 is 0 Å². The first kappa shape index (κ1) is 9.26.